The van der Waals surface area contributed by atoms with Gasteiger partial charge in [-0.1, -0.05) is 25.4 Å². The SMILES string of the molecule is CCNC(=NCc1cc(C(C)C)no1)NCC1CCCC1O. The first-order valence-corrected chi connectivity index (χ1v) is 8.25. The average molecular weight is 308 g/mol. The Labute approximate surface area is 132 Å². The number of guanidine groups is 1. The highest BCUT2D eigenvalue weighted by molar-refractivity contribution is 5.79. The summed E-state index contributed by atoms with van der Waals surface area (Å²) in [5.74, 6) is 2.20. The Morgan fingerprint density at radius 3 is 2.86 bits per heavy atom. The number of aliphatic hydroxyl groups excluding tert-OH is 1. The van der Waals surface area contributed by atoms with E-state index in [4.69, 9.17) is 4.52 Å². The molecule has 1 aliphatic carbocycles. The molecule has 124 valence electrons. The lowest BCUT2D eigenvalue weighted by atomic mass is 10.1. The van der Waals surface area contributed by atoms with Crippen LogP contribution in [-0.4, -0.2) is 35.4 Å². The largest absolute Gasteiger partial charge is 0.393 e. The van der Waals surface area contributed by atoms with Gasteiger partial charge in [-0.3, -0.25) is 0 Å². The van der Waals surface area contributed by atoms with Gasteiger partial charge in [-0.05, 0) is 25.7 Å². The standard InChI is InChI=1S/C16H28N4O2/c1-4-17-16(18-9-12-6-5-7-15(12)21)19-10-13-8-14(11(2)3)20-22-13/h8,11-12,15,21H,4-7,9-10H2,1-3H3,(H2,17,18,19). The maximum absolute atomic E-state index is 9.87. The van der Waals surface area contributed by atoms with Crippen LogP contribution in [0.4, 0.5) is 0 Å². The van der Waals surface area contributed by atoms with Crippen LogP contribution in [0.2, 0.25) is 0 Å². The van der Waals surface area contributed by atoms with Crippen molar-refractivity contribution in [1.29, 1.82) is 0 Å². The van der Waals surface area contributed by atoms with Crippen molar-refractivity contribution in [1.82, 2.24) is 15.8 Å². The second-order valence-corrected chi connectivity index (χ2v) is 6.21. The van der Waals surface area contributed by atoms with E-state index < -0.39 is 0 Å². The van der Waals surface area contributed by atoms with Crippen LogP contribution >= 0.6 is 0 Å². The van der Waals surface area contributed by atoms with Gasteiger partial charge < -0.3 is 20.3 Å². The summed E-state index contributed by atoms with van der Waals surface area (Å²) in [6, 6.07) is 1.96. The average Bonchev–Trinajstić information content (AvgIpc) is 3.11. The van der Waals surface area contributed by atoms with Crippen LogP contribution < -0.4 is 10.6 Å². The van der Waals surface area contributed by atoms with Crippen LogP contribution in [0.5, 0.6) is 0 Å². The van der Waals surface area contributed by atoms with E-state index in [9.17, 15) is 5.11 Å². The third-order valence-corrected chi connectivity index (χ3v) is 4.06. The number of aliphatic imine (C=N–C) groups is 1. The molecule has 6 heteroatoms. The monoisotopic (exact) mass is 308 g/mol. The lowest BCUT2D eigenvalue weighted by Gasteiger charge is -2.17. The lowest BCUT2D eigenvalue weighted by molar-refractivity contribution is 0.134. The van der Waals surface area contributed by atoms with Gasteiger partial charge in [0.25, 0.3) is 0 Å². The molecule has 0 radical (unpaired) electrons. The molecule has 0 spiro atoms. The van der Waals surface area contributed by atoms with E-state index in [1.54, 1.807) is 0 Å². The van der Waals surface area contributed by atoms with E-state index in [2.05, 4.69) is 34.6 Å². The molecule has 0 aliphatic heterocycles. The molecule has 3 N–H and O–H groups in total. The molecule has 1 heterocycles. The van der Waals surface area contributed by atoms with Crippen molar-refractivity contribution in [2.75, 3.05) is 13.1 Å². The molecule has 22 heavy (non-hydrogen) atoms. The number of nitrogens with one attached hydrogen (secondary N) is 2. The third kappa shape index (κ3) is 4.73. The molecule has 2 rings (SSSR count). The van der Waals surface area contributed by atoms with E-state index >= 15 is 0 Å². The first-order chi connectivity index (χ1) is 10.6. The number of aromatic nitrogens is 1. The Morgan fingerprint density at radius 2 is 2.27 bits per heavy atom. The molecule has 1 aromatic rings. The van der Waals surface area contributed by atoms with Crippen LogP contribution in [-0.2, 0) is 6.54 Å². The summed E-state index contributed by atoms with van der Waals surface area (Å²) in [7, 11) is 0. The minimum Gasteiger partial charge on any atom is -0.393 e. The van der Waals surface area contributed by atoms with Crippen molar-refractivity contribution in [3.63, 3.8) is 0 Å². The van der Waals surface area contributed by atoms with Gasteiger partial charge in [-0.15, -0.1) is 0 Å². The molecule has 2 unspecified atom stereocenters. The normalized spacial score (nSPS) is 22.3. The number of rotatable bonds is 6. The summed E-state index contributed by atoms with van der Waals surface area (Å²) in [6.45, 7) is 8.22. The van der Waals surface area contributed by atoms with Gasteiger partial charge in [0.1, 0.15) is 6.54 Å². The highest BCUT2D eigenvalue weighted by Gasteiger charge is 2.24. The van der Waals surface area contributed by atoms with Crippen LogP contribution in [0.3, 0.4) is 0 Å². The van der Waals surface area contributed by atoms with Gasteiger partial charge in [0.15, 0.2) is 11.7 Å². The number of hydrogen-bond donors (Lipinski definition) is 3. The van der Waals surface area contributed by atoms with Crippen molar-refractivity contribution >= 4 is 5.96 Å². The van der Waals surface area contributed by atoms with Crippen LogP contribution in [0.25, 0.3) is 0 Å². The summed E-state index contributed by atoms with van der Waals surface area (Å²) in [5.41, 5.74) is 0.956. The smallest absolute Gasteiger partial charge is 0.191 e. The maximum Gasteiger partial charge on any atom is 0.191 e. The number of aliphatic hydroxyl groups is 1. The van der Waals surface area contributed by atoms with E-state index in [0.717, 1.165) is 49.8 Å². The maximum atomic E-state index is 9.87. The summed E-state index contributed by atoms with van der Waals surface area (Å²) >= 11 is 0. The highest BCUT2D eigenvalue weighted by Crippen LogP contribution is 2.24. The van der Waals surface area contributed by atoms with Crippen molar-refractivity contribution < 1.29 is 9.63 Å². The Kier molecular flexibility index (Phi) is 6.24. The fourth-order valence-electron chi connectivity index (χ4n) is 2.66. The number of nitrogens with zero attached hydrogens (tertiary/aromatic N) is 2. The van der Waals surface area contributed by atoms with E-state index in [1.165, 1.54) is 0 Å². The van der Waals surface area contributed by atoms with Gasteiger partial charge >= 0.3 is 0 Å². The molecular weight excluding hydrogens is 280 g/mol. The van der Waals surface area contributed by atoms with E-state index in [1.807, 2.05) is 13.0 Å². The summed E-state index contributed by atoms with van der Waals surface area (Å²) in [4.78, 5) is 4.52. The third-order valence-electron chi connectivity index (χ3n) is 4.06. The fourth-order valence-corrected chi connectivity index (χ4v) is 2.66. The predicted octanol–water partition coefficient (Wildman–Crippen LogP) is 2.01. The minimum absolute atomic E-state index is 0.182. The van der Waals surface area contributed by atoms with E-state index in [-0.39, 0.29) is 6.10 Å². The molecule has 1 saturated carbocycles. The molecular formula is C16H28N4O2. The van der Waals surface area contributed by atoms with Gasteiger partial charge in [-0.2, -0.15) is 0 Å². The first-order valence-electron chi connectivity index (χ1n) is 8.25. The Hall–Kier alpha value is -1.56. The summed E-state index contributed by atoms with van der Waals surface area (Å²) < 4.78 is 5.30. The zero-order valence-electron chi connectivity index (χ0n) is 13.8. The predicted molar refractivity (Wildman–Crippen MR) is 86.8 cm³/mol. The van der Waals surface area contributed by atoms with E-state index in [0.29, 0.717) is 18.4 Å². The minimum atomic E-state index is -0.182. The molecule has 0 amide bonds. The van der Waals surface area contributed by atoms with Crippen molar-refractivity contribution in [3.05, 3.63) is 17.5 Å². The molecule has 1 fully saturated rings. The topological polar surface area (TPSA) is 82.7 Å². The van der Waals surface area contributed by atoms with Crippen molar-refractivity contribution in [2.24, 2.45) is 10.9 Å². The molecule has 6 nitrogen and oxygen atoms in total. The molecule has 0 bridgehead atoms. The Balaban J connectivity index is 1.88. The second kappa shape index (κ2) is 8.17. The zero-order valence-corrected chi connectivity index (χ0v) is 13.8. The van der Waals surface area contributed by atoms with Gasteiger partial charge in [-0.25, -0.2) is 4.99 Å². The lowest BCUT2D eigenvalue weighted by Crippen LogP contribution is -2.41. The molecule has 0 saturated heterocycles. The van der Waals surface area contributed by atoms with Gasteiger partial charge in [0.05, 0.1) is 11.8 Å². The molecule has 1 aromatic heterocycles. The first kappa shape index (κ1) is 16.8. The zero-order chi connectivity index (χ0) is 15.9. The quantitative estimate of drug-likeness (QED) is 0.553. The molecule has 2 atom stereocenters. The molecule has 0 aromatic carbocycles. The van der Waals surface area contributed by atoms with Crippen LogP contribution in [0.15, 0.2) is 15.6 Å². The Morgan fingerprint density at radius 1 is 1.45 bits per heavy atom. The highest BCUT2D eigenvalue weighted by atomic mass is 16.5. The van der Waals surface area contributed by atoms with Crippen molar-refractivity contribution in [2.45, 2.75) is 58.6 Å². The van der Waals surface area contributed by atoms with Crippen LogP contribution in [0, 0.1) is 5.92 Å². The van der Waals surface area contributed by atoms with Gasteiger partial charge in [0.2, 0.25) is 0 Å². The second-order valence-electron chi connectivity index (χ2n) is 6.21. The summed E-state index contributed by atoms with van der Waals surface area (Å²) in [5, 5.41) is 20.4. The fraction of sp³-hybridized carbons (Fsp3) is 0.750. The van der Waals surface area contributed by atoms with Crippen molar-refractivity contribution in [3.8, 4) is 0 Å². The number of hydrogen-bond acceptors (Lipinski definition) is 4. The van der Waals surface area contributed by atoms with Gasteiger partial charge in [0, 0.05) is 25.1 Å². The summed E-state index contributed by atoms with van der Waals surface area (Å²) in [6.07, 6.45) is 2.92. The van der Waals surface area contributed by atoms with Crippen LogP contribution in [0.1, 0.15) is 57.4 Å². The molecule has 1 aliphatic rings. The Bertz CT molecular complexity index is 484.